The number of rotatable bonds is 7. The number of ether oxygens (including phenoxy) is 1. The summed E-state index contributed by atoms with van der Waals surface area (Å²) in [7, 11) is -4.48. The van der Waals surface area contributed by atoms with Gasteiger partial charge in [-0.05, 0) is 80.8 Å². The Balaban J connectivity index is 1.47. The van der Waals surface area contributed by atoms with E-state index in [2.05, 4.69) is 16.4 Å². The standard InChI is InChI=1S/C28H30F3N3O4S/c1-17-12-19(8-11-33-17)18-6-7-25(23(13-18)28(29,30)31)39(36,37)21-14-22(26(35)34-27(16-32)9-10-27)24(15-21)38-20-4-2-3-5-20/h6-8,11-13,20-22,24H,2-5,9-10,14-15H2,1H3,(H,34,35)/t21-,22-,24-/m1/s1. The molecule has 208 valence electrons. The monoisotopic (exact) mass is 561 g/mol. The molecule has 3 aliphatic carbocycles. The average molecular weight is 562 g/mol. The molecule has 0 aliphatic heterocycles. The number of aryl methyl sites for hydroxylation is 1. The van der Waals surface area contributed by atoms with Crippen LogP contribution in [0.15, 0.2) is 41.4 Å². The third-order valence-electron chi connectivity index (χ3n) is 8.05. The summed E-state index contributed by atoms with van der Waals surface area (Å²) in [6.45, 7) is 1.71. The number of alkyl halides is 3. The maximum Gasteiger partial charge on any atom is 0.417 e. The van der Waals surface area contributed by atoms with Crippen LogP contribution in [0.2, 0.25) is 0 Å². The van der Waals surface area contributed by atoms with E-state index < -0.39 is 55.2 Å². The summed E-state index contributed by atoms with van der Waals surface area (Å²) in [5, 5.41) is 10.9. The van der Waals surface area contributed by atoms with Gasteiger partial charge < -0.3 is 10.1 Å². The molecule has 1 N–H and O–H groups in total. The molecule has 39 heavy (non-hydrogen) atoms. The average Bonchev–Trinajstić information content (AvgIpc) is 3.25. The van der Waals surface area contributed by atoms with Crippen molar-refractivity contribution in [1.82, 2.24) is 10.3 Å². The number of hydrogen-bond acceptors (Lipinski definition) is 6. The molecule has 3 aliphatic rings. The van der Waals surface area contributed by atoms with Crippen molar-refractivity contribution in [2.24, 2.45) is 5.92 Å². The number of nitriles is 1. The highest BCUT2D eigenvalue weighted by Crippen LogP contribution is 2.44. The van der Waals surface area contributed by atoms with Gasteiger partial charge in [0.15, 0.2) is 9.84 Å². The Morgan fingerprint density at radius 3 is 2.44 bits per heavy atom. The van der Waals surface area contributed by atoms with Gasteiger partial charge in [0, 0.05) is 11.9 Å². The van der Waals surface area contributed by atoms with Crippen LogP contribution in [-0.4, -0.2) is 42.3 Å². The zero-order valence-corrected chi connectivity index (χ0v) is 22.3. The quantitative estimate of drug-likeness (QED) is 0.502. The second-order valence-corrected chi connectivity index (χ2v) is 13.1. The molecule has 1 heterocycles. The molecule has 0 spiro atoms. The van der Waals surface area contributed by atoms with Crippen LogP contribution < -0.4 is 5.32 Å². The third kappa shape index (κ3) is 5.68. The van der Waals surface area contributed by atoms with Crippen LogP contribution in [0.4, 0.5) is 13.2 Å². The molecule has 1 aromatic heterocycles. The molecule has 3 saturated carbocycles. The van der Waals surface area contributed by atoms with Crippen molar-refractivity contribution in [2.45, 2.75) is 92.4 Å². The second-order valence-electron chi connectivity index (χ2n) is 10.9. The molecule has 0 unspecified atom stereocenters. The van der Waals surface area contributed by atoms with Crippen LogP contribution in [-0.2, 0) is 25.5 Å². The number of hydrogen-bond donors (Lipinski definition) is 1. The minimum Gasteiger partial charge on any atom is -0.374 e. The summed E-state index contributed by atoms with van der Waals surface area (Å²) in [6.07, 6.45) is -0.0343. The van der Waals surface area contributed by atoms with E-state index in [-0.39, 0.29) is 24.5 Å². The van der Waals surface area contributed by atoms with Gasteiger partial charge in [-0.2, -0.15) is 18.4 Å². The van der Waals surface area contributed by atoms with Gasteiger partial charge in [0.25, 0.3) is 0 Å². The highest BCUT2D eigenvalue weighted by atomic mass is 32.2. The molecule has 3 fully saturated rings. The van der Waals surface area contributed by atoms with Crippen LogP contribution in [0, 0.1) is 24.2 Å². The Labute approximate surface area is 225 Å². The molecule has 1 aromatic carbocycles. The Kier molecular flexibility index (Phi) is 7.22. The normalized spacial score (nSPS) is 24.8. The molecule has 1 amide bonds. The molecule has 5 rings (SSSR count). The predicted octanol–water partition coefficient (Wildman–Crippen LogP) is 5.13. The summed E-state index contributed by atoms with van der Waals surface area (Å²) in [5.41, 5.74) is -0.853. The van der Waals surface area contributed by atoms with Crippen molar-refractivity contribution in [3.05, 3.63) is 47.8 Å². The zero-order valence-electron chi connectivity index (χ0n) is 21.5. The Hall–Kier alpha value is -2.97. The molecule has 0 saturated heterocycles. The van der Waals surface area contributed by atoms with E-state index in [1.165, 1.54) is 12.3 Å². The molecule has 0 radical (unpaired) electrons. The number of nitrogens with one attached hydrogen (secondary N) is 1. The van der Waals surface area contributed by atoms with Gasteiger partial charge >= 0.3 is 6.18 Å². The summed E-state index contributed by atoms with van der Waals surface area (Å²) in [6, 6.07) is 8.52. The lowest BCUT2D eigenvalue weighted by atomic mass is 10.0. The number of amides is 1. The maximum absolute atomic E-state index is 14.2. The maximum atomic E-state index is 14.2. The smallest absolute Gasteiger partial charge is 0.374 e. The van der Waals surface area contributed by atoms with Gasteiger partial charge in [0.1, 0.15) is 5.54 Å². The van der Waals surface area contributed by atoms with E-state index in [4.69, 9.17) is 4.74 Å². The number of halogens is 3. The van der Waals surface area contributed by atoms with Crippen LogP contribution in [0.1, 0.15) is 62.6 Å². The minimum absolute atomic E-state index is 0.0843. The number of carbonyl (C=O) groups is 1. The first-order valence-electron chi connectivity index (χ1n) is 13.2. The summed E-state index contributed by atoms with van der Waals surface area (Å²) >= 11 is 0. The van der Waals surface area contributed by atoms with E-state index in [0.717, 1.165) is 37.8 Å². The second kappa shape index (κ2) is 10.2. The van der Waals surface area contributed by atoms with Crippen molar-refractivity contribution < 1.29 is 31.1 Å². The first-order chi connectivity index (χ1) is 18.4. The Morgan fingerprint density at radius 2 is 1.82 bits per heavy atom. The fourth-order valence-electron chi connectivity index (χ4n) is 5.71. The minimum atomic E-state index is -4.92. The first kappa shape index (κ1) is 27.6. The zero-order chi connectivity index (χ0) is 28.0. The van der Waals surface area contributed by atoms with Gasteiger partial charge in [-0.25, -0.2) is 8.42 Å². The Morgan fingerprint density at radius 1 is 1.13 bits per heavy atom. The van der Waals surface area contributed by atoms with Crippen molar-refractivity contribution in [2.75, 3.05) is 0 Å². The number of aromatic nitrogens is 1. The van der Waals surface area contributed by atoms with E-state index in [0.29, 0.717) is 24.1 Å². The van der Waals surface area contributed by atoms with Crippen LogP contribution in [0.25, 0.3) is 11.1 Å². The van der Waals surface area contributed by atoms with E-state index in [1.54, 1.807) is 19.1 Å². The van der Waals surface area contributed by atoms with Crippen LogP contribution in [0.3, 0.4) is 0 Å². The van der Waals surface area contributed by atoms with Gasteiger partial charge in [0.2, 0.25) is 5.91 Å². The van der Waals surface area contributed by atoms with Crippen LogP contribution in [0.5, 0.6) is 0 Å². The topological polar surface area (TPSA) is 109 Å². The summed E-state index contributed by atoms with van der Waals surface area (Å²) in [4.78, 5) is 16.4. The van der Waals surface area contributed by atoms with Crippen molar-refractivity contribution >= 4 is 15.7 Å². The van der Waals surface area contributed by atoms with Crippen LogP contribution >= 0.6 is 0 Å². The van der Waals surface area contributed by atoms with Crippen molar-refractivity contribution in [3.63, 3.8) is 0 Å². The molecule has 0 bridgehead atoms. The SMILES string of the molecule is Cc1cc(-c2ccc(S(=O)(=O)[C@H]3C[C@@H](OC4CCCC4)[C@H](C(=O)NC4(C#N)CC4)C3)c(C(F)(F)F)c2)ccn1. The summed E-state index contributed by atoms with van der Waals surface area (Å²) in [5.74, 6) is -1.35. The Bertz CT molecular complexity index is 1410. The van der Waals surface area contributed by atoms with E-state index in [1.807, 2.05) is 0 Å². The molecule has 2 aromatic rings. The molecule has 7 nitrogen and oxygen atoms in total. The van der Waals surface area contributed by atoms with Gasteiger partial charge in [0.05, 0.1) is 39.9 Å². The van der Waals surface area contributed by atoms with Crippen molar-refractivity contribution in [1.29, 1.82) is 5.26 Å². The molecular formula is C28H30F3N3O4S. The molecule has 11 heteroatoms. The molecule has 3 atom stereocenters. The number of nitrogens with zero attached hydrogens (tertiary/aromatic N) is 2. The first-order valence-corrected chi connectivity index (χ1v) is 14.7. The van der Waals surface area contributed by atoms with Gasteiger partial charge in [-0.3, -0.25) is 9.78 Å². The molecular weight excluding hydrogens is 531 g/mol. The van der Waals surface area contributed by atoms with Crippen molar-refractivity contribution in [3.8, 4) is 17.2 Å². The number of sulfone groups is 1. The number of carbonyl (C=O) groups excluding carboxylic acids is 1. The number of benzene rings is 1. The van der Waals surface area contributed by atoms with E-state index >= 15 is 0 Å². The number of pyridine rings is 1. The lowest BCUT2D eigenvalue weighted by Gasteiger charge is -2.24. The third-order valence-corrected chi connectivity index (χ3v) is 10.3. The van der Waals surface area contributed by atoms with Gasteiger partial charge in [-0.1, -0.05) is 18.9 Å². The van der Waals surface area contributed by atoms with E-state index in [9.17, 15) is 31.6 Å². The fraction of sp³-hybridized carbons (Fsp3) is 0.536. The largest absolute Gasteiger partial charge is 0.417 e. The summed E-state index contributed by atoms with van der Waals surface area (Å²) < 4.78 is 76.4. The highest BCUT2D eigenvalue weighted by molar-refractivity contribution is 7.92. The fourth-order valence-corrected chi connectivity index (χ4v) is 7.71. The lowest BCUT2D eigenvalue weighted by molar-refractivity contribution is -0.139. The lowest BCUT2D eigenvalue weighted by Crippen LogP contribution is -2.43. The predicted molar refractivity (Wildman–Crippen MR) is 136 cm³/mol. The highest BCUT2D eigenvalue weighted by Gasteiger charge is 2.51. The van der Waals surface area contributed by atoms with Gasteiger partial charge in [-0.15, -0.1) is 0 Å².